The summed E-state index contributed by atoms with van der Waals surface area (Å²) >= 11 is 3.13. The van der Waals surface area contributed by atoms with E-state index >= 15 is 0 Å². The van der Waals surface area contributed by atoms with Gasteiger partial charge in [0, 0.05) is 5.69 Å². The maximum absolute atomic E-state index is 11.9. The molecule has 6 heteroatoms. The van der Waals surface area contributed by atoms with Crippen molar-refractivity contribution < 1.29 is 14.0 Å². The molecule has 0 bridgehead atoms. The lowest BCUT2D eigenvalue weighted by Gasteiger charge is -2.08. The lowest BCUT2D eigenvalue weighted by molar-refractivity contribution is -0.117. The number of carbonyl (C=O) groups is 2. The molecule has 1 aromatic heterocycles. The molecular weight excluding hydrogens is 312 g/mol. The molecule has 0 fully saturated rings. The largest absolute Gasteiger partial charge is 0.444 e. The van der Waals surface area contributed by atoms with E-state index in [2.05, 4.69) is 21.2 Å². The number of halogens is 1. The van der Waals surface area contributed by atoms with Gasteiger partial charge in [0.1, 0.15) is 0 Å². The molecule has 1 heterocycles. The van der Waals surface area contributed by atoms with Crippen LogP contribution >= 0.6 is 15.9 Å². The highest BCUT2D eigenvalue weighted by Crippen LogP contribution is 2.19. The SMILES string of the molecule is NC(=O)Cc1ccccc1NC(=O)c1ccc(Br)o1. The summed E-state index contributed by atoms with van der Waals surface area (Å²) in [6.45, 7) is 0. The fourth-order valence-electron chi connectivity index (χ4n) is 1.60. The van der Waals surface area contributed by atoms with Gasteiger partial charge in [-0.2, -0.15) is 0 Å². The minimum absolute atomic E-state index is 0.0678. The molecule has 0 aliphatic heterocycles. The van der Waals surface area contributed by atoms with Gasteiger partial charge in [-0.3, -0.25) is 9.59 Å². The van der Waals surface area contributed by atoms with Gasteiger partial charge in [-0.25, -0.2) is 0 Å². The first-order valence-corrected chi connectivity index (χ1v) is 6.28. The zero-order valence-electron chi connectivity index (χ0n) is 9.85. The average Bonchev–Trinajstić information content (AvgIpc) is 2.78. The average molecular weight is 323 g/mol. The number of nitrogens with two attached hydrogens (primary N) is 1. The molecule has 2 aromatic rings. The zero-order valence-corrected chi connectivity index (χ0v) is 11.4. The number of anilines is 1. The van der Waals surface area contributed by atoms with Gasteiger partial charge in [0.05, 0.1) is 6.42 Å². The summed E-state index contributed by atoms with van der Waals surface area (Å²) < 4.78 is 5.63. The van der Waals surface area contributed by atoms with Crippen molar-refractivity contribution in [2.24, 2.45) is 5.73 Å². The van der Waals surface area contributed by atoms with Crippen LogP contribution in [0.1, 0.15) is 16.1 Å². The number of primary amides is 1. The number of benzene rings is 1. The van der Waals surface area contributed by atoms with Crippen LogP contribution in [0.15, 0.2) is 45.5 Å². The van der Waals surface area contributed by atoms with Crippen LogP contribution in [0.4, 0.5) is 5.69 Å². The molecule has 2 amide bonds. The van der Waals surface area contributed by atoms with Crippen molar-refractivity contribution in [2.45, 2.75) is 6.42 Å². The number of nitrogens with one attached hydrogen (secondary N) is 1. The fourth-order valence-corrected chi connectivity index (χ4v) is 1.91. The van der Waals surface area contributed by atoms with Gasteiger partial charge in [-0.05, 0) is 39.7 Å². The van der Waals surface area contributed by atoms with Crippen LogP contribution in [-0.2, 0) is 11.2 Å². The minimum Gasteiger partial charge on any atom is -0.444 e. The summed E-state index contributed by atoms with van der Waals surface area (Å²) in [4.78, 5) is 22.9. The molecule has 0 aliphatic rings. The first-order valence-electron chi connectivity index (χ1n) is 5.49. The van der Waals surface area contributed by atoms with Crippen LogP contribution in [-0.4, -0.2) is 11.8 Å². The maximum Gasteiger partial charge on any atom is 0.291 e. The monoisotopic (exact) mass is 322 g/mol. The predicted molar refractivity (Wildman–Crippen MR) is 73.7 cm³/mol. The molecule has 98 valence electrons. The Morgan fingerprint density at radius 2 is 1.95 bits per heavy atom. The summed E-state index contributed by atoms with van der Waals surface area (Å²) in [6.07, 6.45) is 0.0678. The fraction of sp³-hybridized carbons (Fsp3) is 0.0769. The molecule has 19 heavy (non-hydrogen) atoms. The van der Waals surface area contributed by atoms with E-state index in [1.54, 1.807) is 36.4 Å². The molecule has 3 N–H and O–H groups in total. The number of para-hydroxylation sites is 1. The summed E-state index contributed by atoms with van der Waals surface area (Å²) in [5.41, 5.74) is 6.36. The molecule has 0 unspecified atom stereocenters. The van der Waals surface area contributed by atoms with Gasteiger partial charge >= 0.3 is 0 Å². The highest BCUT2D eigenvalue weighted by atomic mass is 79.9. The third kappa shape index (κ3) is 3.45. The van der Waals surface area contributed by atoms with E-state index in [-0.39, 0.29) is 18.1 Å². The predicted octanol–water partition coefficient (Wildman–Crippen LogP) is 2.32. The van der Waals surface area contributed by atoms with Crippen molar-refractivity contribution in [1.29, 1.82) is 0 Å². The molecule has 0 atom stereocenters. The Labute approximate surface area is 117 Å². The number of rotatable bonds is 4. The summed E-state index contributed by atoms with van der Waals surface area (Å²) in [5, 5.41) is 2.68. The van der Waals surface area contributed by atoms with E-state index in [1.807, 2.05) is 0 Å². The van der Waals surface area contributed by atoms with Crippen molar-refractivity contribution >= 4 is 33.4 Å². The highest BCUT2D eigenvalue weighted by molar-refractivity contribution is 9.10. The maximum atomic E-state index is 11.9. The van der Waals surface area contributed by atoms with Crippen LogP contribution in [0.25, 0.3) is 0 Å². The Bertz CT molecular complexity index is 622. The molecule has 2 rings (SSSR count). The quantitative estimate of drug-likeness (QED) is 0.905. The van der Waals surface area contributed by atoms with Crippen molar-refractivity contribution in [2.75, 3.05) is 5.32 Å². The van der Waals surface area contributed by atoms with Crippen molar-refractivity contribution in [3.63, 3.8) is 0 Å². The molecule has 0 spiro atoms. The highest BCUT2D eigenvalue weighted by Gasteiger charge is 2.13. The van der Waals surface area contributed by atoms with Crippen LogP contribution in [0.2, 0.25) is 0 Å². The molecule has 0 saturated heterocycles. The van der Waals surface area contributed by atoms with Gasteiger partial charge in [0.25, 0.3) is 5.91 Å². The number of hydrogen-bond acceptors (Lipinski definition) is 3. The third-order valence-electron chi connectivity index (χ3n) is 2.43. The molecule has 1 aromatic carbocycles. The minimum atomic E-state index is -0.456. The Morgan fingerprint density at radius 3 is 2.58 bits per heavy atom. The lowest BCUT2D eigenvalue weighted by atomic mass is 10.1. The second kappa shape index (κ2) is 5.71. The van der Waals surface area contributed by atoms with Crippen LogP contribution in [0.5, 0.6) is 0 Å². The normalized spacial score (nSPS) is 10.2. The van der Waals surface area contributed by atoms with E-state index < -0.39 is 5.91 Å². The van der Waals surface area contributed by atoms with Crippen molar-refractivity contribution in [1.82, 2.24) is 0 Å². The van der Waals surface area contributed by atoms with Gasteiger partial charge in [0.15, 0.2) is 10.4 Å². The van der Waals surface area contributed by atoms with Gasteiger partial charge in [-0.15, -0.1) is 0 Å². The Hall–Kier alpha value is -2.08. The number of carbonyl (C=O) groups excluding carboxylic acids is 2. The topological polar surface area (TPSA) is 85.3 Å². The Morgan fingerprint density at radius 1 is 1.21 bits per heavy atom. The smallest absolute Gasteiger partial charge is 0.291 e. The second-order valence-electron chi connectivity index (χ2n) is 3.86. The summed E-state index contributed by atoms with van der Waals surface area (Å²) in [6, 6.07) is 10.2. The summed E-state index contributed by atoms with van der Waals surface area (Å²) in [7, 11) is 0. The second-order valence-corrected chi connectivity index (χ2v) is 4.64. The first-order chi connectivity index (χ1) is 9.06. The summed E-state index contributed by atoms with van der Waals surface area (Å²) in [5.74, 6) is -0.661. The number of hydrogen-bond donors (Lipinski definition) is 2. The first kappa shape index (κ1) is 13.4. The standard InChI is InChI=1S/C13H11BrN2O3/c14-11-6-5-10(19-11)13(18)16-9-4-2-1-3-8(9)7-12(15)17/h1-6H,7H2,(H2,15,17)(H,16,18). The molecule has 0 aliphatic carbocycles. The van der Waals surface area contributed by atoms with E-state index in [0.717, 1.165) is 0 Å². The number of furan rings is 1. The van der Waals surface area contributed by atoms with Crippen LogP contribution in [0, 0.1) is 0 Å². The van der Waals surface area contributed by atoms with E-state index in [4.69, 9.17) is 10.2 Å². The Kier molecular flexibility index (Phi) is 4.01. The van der Waals surface area contributed by atoms with Crippen LogP contribution in [0.3, 0.4) is 0 Å². The van der Waals surface area contributed by atoms with E-state index in [1.165, 1.54) is 0 Å². The lowest BCUT2D eigenvalue weighted by Crippen LogP contribution is -2.17. The molecule has 5 nitrogen and oxygen atoms in total. The van der Waals surface area contributed by atoms with Crippen molar-refractivity contribution in [3.8, 4) is 0 Å². The van der Waals surface area contributed by atoms with Gasteiger partial charge in [0.2, 0.25) is 5.91 Å². The van der Waals surface area contributed by atoms with E-state index in [9.17, 15) is 9.59 Å². The van der Waals surface area contributed by atoms with Gasteiger partial charge < -0.3 is 15.5 Å². The molecular formula is C13H11BrN2O3. The third-order valence-corrected chi connectivity index (χ3v) is 2.85. The zero-order chi connectivity index (χ0) is 13.8. The number of amides is 2. The van der Waals surface area contributed by atoms with E-state index in [0.29, 0.717) is 15.9 Å². The van der Waals surface area contributed by atoms with Gasteiger partial charge in [-0.1, -0.05) is 18.2 Å². The van der Waals surface area contributed by atoms with Crippen LogP contribution < -0.4 is 11.1 Å². The Balaban J connectivity index is 2.19. The molecule has 0 saturated carbocycles. The van der Waals surface area contributed by atoms with Crippen molar-refractivity contribution in [3.05, 3.63) is 52.4 Å². The molecule has 0 radical (unpaired) electrons.